The van der Waals surface area contributed by atoms with E-state index in [1.807, 2.05) is 19.9 Å². The third kappa shape index (κ3) is 3.15. The van der Waals surface area contributed by atoms with Gasteiger partial charge in [0.25, 0.3) is 5.56 Å². The molecule has 1 saturated heterocycles. The fourth-order valence-corrected chi connectivity index (χ4v) is 5.36. The van der Waals surface area contributed by atoms with Crippen LogP contribution in [-0.4, -0.2) is 45.6 Å². The number of sulfone groups is 1. The molecule has 0 unspecified atom stereocenters. The average molecular weight is 399 g/mol. The van der Waals surface area contributed by atoms with Gasteiger partial charge in [-0.3, -0.25) is 9.48 Å². The Bertz CT molecular complexity index is 1270. The molecule has 9 heteroatoms. The predicted octanol–water partition coefficient (Wildman–Crippen LogP) is 1.76. The van der Waals surface area contributed by atoms with E-state index in [9.17, 15) is 13.2 Å². The van der Waals surface area contributed by atoms with E-state index >= 15 is 0 Å². The molecule has 3 heterocycles. The number of aryl methyl sites for hydroxylation is 2. The highest BCUT2D eigenvalue weighted by Crippen LogP contribution is 2.26. The van der Waals surface area contributed by atoms with Gasteiger partial charge < -0.3 is 0 Å². The fourth-order valence-electron chi connectivity index (χ4n) is 3.67. The van der Waals surface area contributed by atoms with Crippen LogP contribution in [0.5, 0.6) is 0 Å². The van der Waals surface area contributed by atoms with Gasteiger partial charge in [-0.25, -0.2) is 13.4 Å². The normalized spacial score (nSPS) is 19.0. The van der Waals surface area contributed by atoms with Crippen molar-refractivity contribution in [3.63, 3.8) is 0 Å². The number of benzene rings is 1. The Morgan fingerprint density at radius 1 is 1.21 bits per heavy atom. The van der Waals surface area contributed by atoms with Crippen LogP contribution in [-0.2, 0) is 9.84 Å². The van der Waals surface area contributed by atoms with Gasteiger partial charge in [0.1, 0.15) is 5.82 Å². The van der Waals surface area contributed by atoms with Crippen LogP contribution in [0.2, 0.25) is 0 Å². The summed E-state index contributed by atoms with van der Waals surface area (Å²) < 4.78 is 26.6. The molecule has 1 aliphatic rings. The number of rotatable bonds is 3. The second kappa shape index (κ2) is 6.66. The van der Waals surface area contributed by atoms with Crippen LogP contribution in [0.3, 0.4) is 0 Å². The standard InChI is InChI=1S/C19H21N5O3S/c1-12-17(13(2)23(22-12)15-8-9-28(26,27)11-15)10-20-24-14(3)21-18-7-5-4-6-16(18)19(24)25/h4-7,10,15H,8-9,11H2,1-3H3/b20-10-/t15-/m1/s1. The van der Waals surface area contributed by atoms with Crippen molar-refractivity contribution in [1.82, 2.24) is 19.4 Å². The maximum absolute atomic E-state index is 12.7. The Morgan fingerprint density at radius 3 is 2.68 bits per heavy atom. The van der Waals surface area contributed by atoms with E-state index in [1.54, 1.807) is 36.0 Å². The number of hydrogen-bond acceptors (Lipinski definition) is 6. The molecule has 1 fully saturated rings. The van der Waals surface area contributed by atoms with E-state index in [4.69, 9.17) is 0 Å². The molecule has 0 radical (unpaired) electrons. The maximum Gasteiger partial charge on any atom is 0.282 e. The monoisotopic (exact) mass is 399 g/mol. The maximum atomic E-state index is 12.7. The van der Waals surface area contributed by atoms with Crippen LogP contribution in [0.25, 0.3) is 10.9 Å². The van der Waals surface area contributed by atoms with Gasteiger partial charge in [0.05, 0.1) is 40.4 Å². The Morgan fingerprint density at radius 2 is 1.96 bits per heavy atom. The number of fused-ring (bicyclic) bond motifs is 1. The molecule has 1 aromatic carbocycles. The Labute approximate surface area is 162 Å². The largest absolute Gasteiger partial charge is 0.282 e. The SMILES string of the molecule is Cc1nn([C@@H]2CCS(=O)(=O)C2)c(C)c1/C=N\n1c(C)nc2ccccc2c1=O. The van der Waals surface area contributed by atoms with Gasteiger partial charge in [-0.2, -0.15) is 14.9 Å². The van der Waals surface area contributed by atoms with E-state index in [0.717, 1.165) is 17.0 Å². The van der Waals surface area contributed by atoms with E-state index in [1.165, 1.54) is 4.68 Å². The molecule has 4 rings (SSSR count). The van der Waals surface area contributed by atoms with Gasteiger partial charge in [-0.1, -0.05) is 12.1 Å². The first-order valence-corrected chi connectivity index (χ1v) is 10.9. The minimum atomic E-state index is -3.00. The molecule has 28 heavy (non-hydrogen) atoms. The molecule has 3 aromatic rings. The Kier molecular flexibility index (Phi) is 4.41. The van der Waals surface area contributed by atoms with Crippen LogP contribution in [0, 0.1) is 20.8 Å². The zero-order chi connectivity index (χ0) is 20.1. The lowest BCUT2D eigenvalue weighted by Gasteiger charge is -2.10. The van der Waals surface area contributed by atoms with Crippen LogP contribution in [0.1, 0.15) is 35.2 Å². The van der Waals surface area contributed by atoms with Crippen molar-refractivity contribution in [2.45, 2.75) is 33.2 Å². The lowest BCUT2D eigenvalue weighted by atomic mass is 10.2. The second-order valence-corrected chi connectivity index (χ2v) is 9.35. The zero-order valence-corrected chi connectivity index (χ0v) is 16.8. The smallest absolute Gasteiger partial charge is 0.267 e. The Balaban J connectivity index is 1.73. The average Bonchev–Trinajstić information content (AvgIpc) is 3.14. The highest BCUT2D eigenvalue weighted by molar-refractivity contribution is 7.91. The number of nitrogens with zero attached hydrogens (tertiary/aromatic N) is 5. The summed E-state index contributed by atoms with van der Waals surface area (Å²) in [4.78, 5) is 17.2. The summed E-state index contributed by atoms with van der Waals surface area (Å²) in [5.41, 5.74) is 2.76. The summed E-state index contributed by atoms with van der Waals surface area (Å²) in [6, 6.07) is 7.00. The molecule has 8 nitrogen and oxygen atoms in total. The quantitative estimate of drug-likeness (QED) is 0.625. The number of para-hydroxylation sites is 1. The van der Waals surface area contributed by atoms with E-state index in [0.29, 0.717) is 23.1 Å². The summed E-state index contributed by atoms with van der Waals surface area (Å²) in [7, 11) is -3.00. The zero-order valence-electron chi connectivity index (χ0n) is 16.0. The minimum absolute atomic E-state index is 0.110. The van der Waals surface area contributed by atoms with E-state index in [-0.39, 0.29) is 23.1 Å². The summed E-state index contributed by atoms with van der Waals surface area (Å²) in [6.07, 6.45) is 2.16. The molecule has 0 amide bonds. The lowest BCUT2D eigenvalue weighted by molar-refractivity contribution is 0.486. The number of aromatic nitrogens is 4. The Hall–Kier alpha value is -2.81. The van der Waals surface area contributed by atoms with Crippen molar-refractivity contribution in [2.75, 3.05) is 11.5 Å². The fraction of sp³-hybridized carbons (Fsp3) is 0.368. The molecule has 2 aromatic heterocycles. The third-order valence-electron chi connectivity index (χ3n) is 5.15. The van der Waals surface area contributed by atoms with Crippen molar-refractivity contribution >= 4 is 27.0 Å². The van der Waals surface area contributed by atoms with Gasteiger partial charge in [-0.15, -0.1) is 0 Å². The van der Waals surface area contributed by atoms with E-state index < -0.39 is 9.84 Å². The molecule has 1 aliphatic heterocycles. The van der Waals surface area contributed by atoms with Crippen LogP contribution < -0.4 is 5.56 Å². The van der Waals surface area contributed by atoms with E-state index in [2.05, 4.69) is 15.2 Å². The van der Waals surface area contributed by atoms with Crippen LogP contribution in [0.4, 0.5) is 0 Å². The molecule has 0 spiro atoms. The first kappa shape index (κ1) is 18.5. The molecule has 0 bridgehead atoms. The van der Waals surface area contributed by atoms with Crippen molar-refractivity contribution < 1.29 is 8.42 Å². The summed E-state index contributed by atoms with van der Waals surface area (Å²) in [5.74, 6) is 0.791. The van der Waals surface area contributed by atoms with Crippen molar-refractivity contribution in [2.24, 2.45) is 5.10 Å². The molecule has 0 aliphatic carbocycles. The first-order chi connectivity index (χ1) is 13.3. The molecular formula is C19H21N5O3S. The first-order valence-electron chi connectivity index (χ1n) is 9.06. The van der Waals surface area contributed by atoms with Crippen molar-refractivity contribution in [1.29, 1.82) is 0 Å². The van der Waals surface area contributed by atoms with Crippen LogP contribution >= 0.6 is 0 Å². The second-order valence-electron chi connectivity index (χ2n) is 7.12. The van der Waals surface area contributed by atoms with Crippen molar-refractivity contribution in [3.05, 3.63) is 57.4 Å². The van der Waals surface area contributed by atoms with Gasteiger partial charge in [-0.05, 0) is 39.3 Å². The molecular weight excluding hydrogens is 378 g/mol. The molecule has 0 saturated carbocycles. The predicted molar refractivity (Wildman–Crippen MR) is 108 cm³/mol. The summed E-state index contributed by atoms with van der Waals surface area (Å²) in [6.45, 7) is 5.47. The van der Waals surface area contributed by atoms with Gasteiger partial charge in [0, 0.05) is 11.3 Å². The highest BCUT2D eigenvalue weighted by Gasteiger charge is 2.31. The molecule has 1 atom stereocenters. The number of hydrogen-bond donors (Lipinski definition) is 0. The van der Waals surface area contributed by atoms with Crippen molar-refractivity contribution in [3.8, 4) is 0 Å². The molecule has 146 valence electrons. The minimum Gasteiger partial charge on any atom is -0.267 e. The highest BCUT2D eigenvalue weighted by atomic mass is 32.2. The van der Waals surface area contributed by atoms with Gasteiger partial charge >= 0.3 is 0 Å². The summed E-state index contributed by atoms with van der Waals surface area (Å²) >= 11 is 0. The summed E-state index contributed by atoms with van der Waals surface area (Å²) in [5, 5.41) is 9.39. The topological polar surface area (TPSA) is 99.2 Å². The van der Waals surface area contributed by atoms with Crippen LogP contribution in [0.15, 0.2) is 34.2 Å². The lowest BCUT2D eigenvalue weighted by Crippen LogP contribution is -2.20. The van der Waals surface area contributed by atoms with Gasteiger partial charge in [0.15, 0.2) is 9.84 Å². The third-order valence-corrected chi connectivity index (χ3v) is 6.90. The van der Waals surface area contributed by atoms with Gasteiger partial charge in [0.2, 0.25) is 0 Å². The molecule has 0 N–H and O–H groups in total.